The largest absolute Gasteiger partial charge is 0.381 e. The third-order valence-corrected chi connectivity index (χ3v) is 5.50. The number of carbonyl (C=O) groups is 1. The Balaban J connectivity index is 1.58. The van der Waals surface area contributed by atoms with E-state index in [0.29, 0.717) is 11.2 Å². The van der Waals surface area contributed by atoms with Crippen molar-refractivity contribution in [2.45, 2.75) is 45.2 Å². The number of nitrogens with one attached hydrogen (secondary N) is 2. The van der Waals surface area contributed by atoms with Crippen LogP contribution in [0.4, 0.5) is 5.13 Å². The lowest BCUT2D eigenvalue weighted by atomic mass is 10.00. The highest BCUT2D eigenvalue weighted by atomic mass is 32.1. The fraction of sp³-hybridized carbons (Fsp3) is 0.500. The molecule has 1 aromatic heterocycles. The van der Waals surface area contributed by atoms with Crippen LogP contribution in [0.2, 0.25) is 0 Å². The Labute approximate surface area is 159 Å². The number of nitrogens with zero attached hydrogens (tertiary/aromatic N) is 1. The molecule has 26 heavy (non-hydrogen) atoms. The van der Waals surface area contributed by atoms with Gasteiger partial charge >= 0.3 is 0 Å². The predicted octanol–water partition coefficient (Wildman–Crippen LogP) is 3.47. The van der Waals surface area contributed by atoms with E-state index in [0.717, 1.165) is 37.4 Å². The van der Waals surface area contributed by atoms with Crippen molar-refractivity contribution in [3.05, 3.63) is 47.0 Å². The van der Waals surface area contributed by atoms with Crippen molar-refractivity contribution in [1.82, 2.24) is 10.3 Å². The topological polar surface area (TPSA) is 63.2 Å². The van der Waals surface area contributed by atoms with Crippen molar-refractivity contribution in [2.24, 2.45) is 5.92 Å². The predicted molar refractivity (Wildman–Crippen MR) is 106 cm³/mol. The van der Waals surface area contributed by atoms with Crippen molar-refractivity contribution >= 4 is 22.4 Å². The first-order valence-electron chi connectivity index (χ1n) is 9.25. The van der Waals surface area contributed by atoms with Crippen molar-refractivity contribution in [3.8, 4) is 0 Å². The second-order valence-corrected chi connectivity index (χ2v) is 8.17. The monoisotopic (exact) mass is 373 g/mol. The molecule has 0 radical (unpaired) electrons. The number of benzene rings is 1. The molecule has 6 heteroatoms. The molecule has 1 unspecified atom stereocenters. The Bertz CT molecular complexity index is 696. The number of carbonyl (C=O) groups excluding carboxylic acids is 1. The number of hydrogen-bond acceptors (Lipinski definition) is 5. The number of anilines is 1. The Hall–Kier alpha value is -1.76. The van der Waals surface area contributed by atoms with Gasteiger partial charge in [-0.25, -0.2) is 4.98 Å². The van der Waals surface area contributed by atoms with Crippen molar-refractivity contribution in [2.75, 3.05) is 18.5 Å². The first-order chi connectivity index (χ1) is 12.6. The lowest BCUT2D eigenvalue weighted by Gasteiger charge is -2.29. The normalized spacial score (nSPS) is 16.6. The van der Waals surface area contributed by atoms with Crippen LogP contribution >= 0.6 is 11.3 Å². The lowest BCUT2D eigenvalue weighted by Crippen LogP contribution is -2.50. The van der Waals surface area contributed by atoms with Gasteiger partial charge in [0.05, 0.1) is 6.04 Å². The molecule has 0 spiro atoms. The molecular weight excluding hydrogens is 346 g/mol. The molecule has 0 saturated carbocycles. The molecule has 1 aliphatic rings. The molecule has 1 fully saturated rings. The van der Waals surface area contributed by atoms with Crippen LogP contribution in [0.25, 0.3) is 0 Å². The number of thiazole rings is 1. The molecule has 1 aliphatic heterocycles. The first kappa shape index (κ1) is 19.0. The van der Waals surface area contributed by atoms with Gasteiger partial charge in [-0.1, -0.05) is 44.2 Å². The maximum Gasteiger partial charge on any atom is 0.243 e. The third-order valence-electron chi connectivity index (χ3n) is 4.59. The number of aromatic nitrogens is 1. The summed E-state index contributed by atoms with van der Waals surface area (Å²) in [5, 5.41) is 7.17. The van der Waals surface area contributed by atoms with Gasteiger partial charge in [-0.15, -0.1) is 11.3 Å². The van der Waals surface area contributed by atoms with E-state index in [4.69, 9.17) is 4.74 Å². The minimum atomic E-state index is -0.223. The van der Waals surface area contributed by atoms with Crippen LogP contribution < -0.4 is 10.6 Å². The highest BCUT2D eigenvalue weighted by Crippen LogP contribution is 2.22. The molecule has 140 valence electrons. The van der Waals surface area contributed by atoms with Crippen LogP contribution in [0.15, 0.2) is 36.5 Å². The molecule has 1 amide bonds. The van der Waals surface area contributed by atoms with Crippen LogP contribution in [-0.2, 0) is 16.0 Å². The average molecular weight is 374 g/mol. The molecule has 1 aromatic carbocycles. The molecule has 0 bridgehead atoms. The van der Waals surface area contributed by atoms with Crippen LogP contribution in [0.1, 0.15) is 37.1 Å². The molecule has 2 aromatic rings. The summed E-state index contributed by atoms with van der Waals surface area (Å²) in [6.07, 6.45) is 4.59. The molecule has 2 N–H and O–H groups in total. The van der Waals surface area contributed by atoms with E-state index in [1.165, 1.54) is 5.56 Å². The number of hydrogen-bond donors (Lipinski definition) is 2. The summed E-state index contributed by atoms with van der Waals surface area (Å²) in [7, 11) is 0. The van der Waals surface area contributed by atoms with Gasteiger partial charge in [0.25, 0.3) is 0 Å². The molecule has 0 aliphatic carbocycles. The summed E-state index contributed by atoms with van der Waals surface area (Å²) in [6.45, 7) is 5.66. The molecular formula is C20H27N3O2S. The SMILES string of the molecule is CC(C)C(NC1CCOCC1)C(=O)Nc1ncc(Cc2ccccc2)s1. The van der Waals surface area contributed by atoms with E-state index in [1.54, 1.807) is 11.3 Å². The summed E-state index contributed by atoms with van der Waals surface area (Å²) in [5.41, 5.74) is 1.25. The number of rotatable bonds is 7. The quantitative estimate of drug-likeness (QED) is 0.780. The molecule has 2 heterocycles. The zero-order valence-corrected chi connectivity index (χ0v) is 16.2. The van der Waals surface area contributed by atoms with Crippen LogP contribution in [-0.4, -0.2) is 36.2 Å². The summed E-state index contributed by atoms with van der Waals surface area (Å²) in [6, 6.07) is 10.4. The van der Waals surface area contributed by atoms with Gasteiger partial charge in [0.1, 0.15) is 0 Å². The van der Waals surface area contributed by atoms with Gasteiger partial charge in [0.2, 0.25) is 5.91 Å². The zero-order valence-electron chi connectivity index (χ0n) is 15.4. The summed E-state index contributed by atoms with van der Waals surface area (Å²) < 4.78 is 5.40. The van der Waals surface area contributed by atoms with Crippen LogP contribution in [0.5, 0.6) is 0 Å². The highest BCUT2D eigenvalue weighted by Gasteiger charge is 2.26. The smallest absolute Gasteiger partial charge is 0.243 e. The van der Waals surface area contributed by atoms with Crippen molar-refractivity contribution < 1.29 is 9.53 Å². The van der Waals surface area contributed by atoms with Gasteiger partial charge in [0, 0.05) is 36.8 Å². The van der Waals surface area contributed by atoms with Gasteiger partial charge in [-0.3, -0.25) is 4.79 Å². The van der Waals surface area contributed by atoms with Gasteiger partial charge in [-0.2, -0.15) is 0 Å². The summed E-state index contributed by atoms with van der Waals surface area (Å²) in [4.78, 5) is 18.3. The van der Waals surface area contributed by atoms with Crippen molar-refractivity contribution in [3.63, 3.8) is 0 Å². The van der Waals surface area contributed by atoms with Gasteiger partial charge in [0.15, 0.2) is 5.13 Å². The van der Waals surface area contributed by atoms with E-state index in [-0.39, 0.29) is 17.9 Å². The zero-order chi connectivity index (χ0) is 18.4. The maximum absolute atomic E-state index is 12.8. The average Bonchev–Trinajstić information content (AvgIpc) is 3.08. The third kappa shape index (κ3) is 5.37. The summed E-state index contributed by atoms with van der Waals surface area (Å²) in [5.74, 6) is 0.202. The van der Waals surface area contributed by atoms with Crippen molar-refractivity contribution in [1.29, 1.82) is 0 Å². The van der Waals surface area contributed by atoms with E-state index < -0.39 is 0 Å². The van der Waals surface area contributed by atoms with Gasteiger partial charge < -0.3 is 15.4 Å². The van der Waals surface area contributed by atoms with E-state index in [2.05, 4.69) is 41.6 Å². The second-order valence-electron chi connectivity index (χ2n) is 7.06. The van der Waals surface area contributed by atoms with E-state index >= 15 is 0 Å². The van der Waals surface area contributed by atoms with Gasteiger partial charge in [-0.05, 0) is 24.3 Å². The molecule has 3 rings (SSSR count). The Morgan fingerprint density at radius 3 is 2.69 bits per heavy atom. The highest BCUT2D eigenvalue weighted by molar-refractivity contribution is 7.15. The maximum atomic E-state index is 12.8. The number of ether oxygens (including phenoxy) is 1. The minimum Gasteiger partial charge on any atom is -0.381 e. The Morgan fingerprint density at radius 2 is 2.00 bits per heavy atom. The Kier molecular flexibility index (Phi) is 6.77. The van der Waals surface area contributed by atoms with Crippen LogP contribution in [0, 0.1) is 5.92 Å². The molecule has 1 saturated heterocycles. The lowest BCUT2D eigenvalue weighted by molar-refractivity contribution is -0.119. The first-order valence-corrected chi connectivity index (χ1v) is 10.1. The Morgan fingerprint density at radius 1 is 1.27 bits per heavy atom. The van der Waals surface area contributed by atoms with E-state index in [1.807, 2.05) is 24.4 Å². The second kappa shape index (κ2) is 9.26. The molecule has 1 atom stereocenters. The number of amides is 1. The van der Waals surface area contributed by atoms with Crippen LogP contribution in [0.3, 0.4) is 0 Å². The van der Waals surface area contributed by atoms with E-state index in [9.17, 15) is 4.79 Å². The fourth-order valence-corrected chi connectivity index (χ4v) is 3.97. The standard InChI is InChI=1S/C20H27N3O2S/c1-14(2)18(22-16-8-10-25-11-9-16)19(24)23-20-21-13-17(26-20)12-15-6-4-3-5-7-15/h3-7,13-14,16,18,22H,8-12H2,1-2H3,(H,21,23,24). The minimum absolute atomic E-state index is 0.00731. The molecule has 5 nitrogen and oxygen atoms in total. The fourth-order valence-electron chi connectivity index (χ4n) is 3.12. The summed E-state index contributed by atoms with van der Waals surface area (Å²) >= 11 is 1.54.